The summed E-state index contributed by atoms with van der Waals surface area (Å²) in [5, 5.41) is 9.23. The zero-order valence-electron chi connectivity index (χ0n) is 20.6. The third-order valence-electron chi connectivity index (χ3n) is 5.43. The van der Waals surface area contributed by atoms with Crippen LogP contribution in [0.2, 0.25) is 0 Å². The third-order valence-corrected chi connectivity index (χ3v) is 5.43. The van der Waals surface area contributed by atoms with E-state index in [0.29, 0.717) is 25.4 Å². The lowest BCUT2D eigenvalue weighted by molar-refractivity contribution is -0.149. The van der Waals surface area contributed by atoms with E-state index < -0.39 is 18.2 Å². The number of benzene rings is 2. The molecule has 0 radical (unpaired) electrons. The molecule has 1 unspecified atom stereocenters. The summed E-state index contributed by atoms with van der Waals surface area (Å²) in [5.41, 5.74) is 1.55. The molecule has 0 bridgehead atoms. The van der Waals surface area contributed by atoms with Gasteiger partial charge >= 0.3 is 12.1 Å². The summed E-state index contributed by atoms with van der Waals surface area (Å²) in [5.74, 6) is -0.695. The number of carboxylic acid groups (broad SMARTS) is 1. The maximum absolute atomic E-state index is 13.1. The van der Waals surface area contributed by atoms with Gasteiger partial charge in [-0.2, -0.15) is 0 Å². The Hall–Kier alpha value is -3.13. The number of unbranched alkanes of at least 4 members (excludes halogenated alkanes) is 3. The molecule has 0 saturated heterocycles. The van der Waals surface area contributed by atoms with E-state index in [0.717, 1.165) is 36.8 Å². The van der Waals surface area contributed by atoms with Crippen LogP contribution in [0.3, 0.4) is 0 Å². The second-order valence-electron chi connectivity index (χ2n) is 8.21. The molecule has 2 aromatic rings. The molecule has 0 spiro atoms. The van der Waals surface area contributed by atoms with Crippen molar-refractivity contribution in [1.29, 1.82) is 0 Å². The number of carbonyl (C=O) groups excluding carboxylic acids is 1. The minimum Gasteiger partial charge on any atom is -0.492 e. The van der Waals surface area contributed by atoms with Gasteiger partial charge < -0.3 is 24.2 Å². The van der Waals surface area contributed by atoms with E-state index in [9.17, 15) is 19.1 Å². The van der Waals surface area contributed by atoms with Crippen molar-refractivity contribution in [3.63, 3.8) is 0 Å². The number of rotatable bonds is 16. The molecule has 0 aromatic heterocycles. The Bertz CT molecular complexity index is 888. The Labute approximate surface area is 206 Å². The molecule has 8 heteroatoms. The minimum atomic E-state index is -0.988. The van der Waals surface area contributed by atoms with Gasteiger partial charge in [-0.3, -0.25) is 0 Å². The first-order valence-electron chi connectivity index (χ1n) is 12.1. The predicted octanol–water partition coefficient (Wildman–Crippen LogP) is 5.46. The summed E-state index contributed by atoms with van der Waals surface area (Å²) < 4.78 is 29.6. The number of halogens is 1. The van der Waals surface area contributed by atoms with Crippen LogP contribution in [0.5, 0.6) is 5.75 Å². The molecule has 0 heterocycles. The van der Waals surface area contributed by atoms with Crippen molar-refractivity contribution in [2.45, 2.75) is 58.7 Å². The topological polar surface area (TPSA) is 85.3 Å². The first-order chi connectivity index (χ1) is 16.9. The fraction of sp³-hybridized carbons (Fsp3) is 0.481. The van der Waals surface area contributed by atoms with Gasteiger partial charge in [0.1, 0.15) is 24.8 Å². The van der Waals surface area contributed by atoms with Gasteiger partial charge in [0, 0.05) is 19.6 Å². The SMILES string of the molecule is CCCCCCN(CCOc1ccc(CC(OCC)C(=O)O)cc1)C(=O)OCc1ccc(F)cc1. The number of ether oxygens (including phenoxy) is 3. The molecule has 0 aliphatic heterocycles. The summed E-state index contributed by atoms with van der Waals surface area (Å²) in [7, 11) is 0. The lowest BCUT2D eigenvalue weighted by Crippen LogP contribution is -2.36. The molecule has 192 valence electrons. The van der Waals surface area contributed by atoms with E-state index in [1.807, 2.05) is 12.1 Å². The van der Waals surface area contributed by atoms with E-state index in [1.54, 1.807) is 36.1 Å². The highest BCUT2D eigenvalue weighted by Gasteiger charge is 2.18. The smallest absolute Gasteiger partial charge is 0.410 e. The molecule has 2 rings (SSSR count). The van der Waals surface area contributed by atoms with E-state index in [4.69, 9.17) is 14.2 Å². The Morgan fingerprint density at radius 2 is 1.63 bits per heavy atom. The van der Waals surface area contributed by atoms with Crippen molar-refractivity contribution >= 4 is 12.1 Å². The summed E-state index contributed by atoms with van der Waals surface area (Å²) in [4.78, 5) is 25.6. The van der Waals surface area contributed by atoms with Crippen molar-refractivity contribution in [2.24, 2.45) is 0 Å². The molecule has 0 fully saturated rings. The average Bonchev–Trinajstić information content (AvgIpc) is 2.85. The van der Waals surface area contributed by atoms with E-state index in [2.05, 4.69) is 6.92 Å². The molecule has 0 saturated carbocycles. The van der Waals surface area contributed by atoms with Crippen LogP contribution in [0.25, 0.3) is 0 Å². The molecular weight excluding hydrogens is 453 g/mol. The second kappa shape index (κ2) is 15.7. The molecular formula is C27H36FNO6. The molecule has 2 aromatic carbocycles. The van der Waals surface area contributed by atoms with Gasteiger partial charge in [-0.15, -0.1) is 0 Å². The lowest BCUT2D eigenvalue weighted by Gasteiger charge is -2.22. The van der Waals surface area contributed by atoms with Crippen molar-refractivity contribution in [3.8, 4) is 5.75 Å². The lowest BCUT2D eigenvalue weighted by atomic mass is 10.1. The molecule has 1 amide bonds. The number of aliphatic carboxylic acids is 1. The van der Waals surface area contributed by atoms with E-state index in [1.165, 1.54) is 12.1 Å². The van der Waals surface area contributed by atoms with Crippen LogP contribution in [-0.4, -0.2) is 54.5 Å². The van der Waals surface area contributed by atoms with E-state index in [-0.39, 0.29) is 25.5 Å². The van der Waals surface area contributed by atoms with Crippen LogP contribution in [0.4, 0.5) is 9.18 Å². The molecule has 1 atom stereocenters. The highest BCUT2D eigenvalue weighted by Crippen LogP contribution is 2.15. The maximum atomic E-state index is 13.1. The molecule has 35 heavy (non-hydrogen) atoms. The summed E-state index contributed by atoms with van der Waals surface area (Å²) in [6.45, 7) is 5.52. The van der Waals surface area contributed by atoms with Crippen molar-refractivity contribution in [1.82, 2.24) is 4.90 Å². The number of hydrogen-bond acceptors (Lipinski definition) is 5. The van der Waals surface area contributed by atoms with Gasteiger partial charge in [-0.1, -0.05) is 50.5 Å². The molecule has 7 nitrogen and oxygen atoms in total. The highest BCUT2D eigenvalue weighted by atomic mass is 19.1. The summed E-state index contributed by atoms with van der Waals surface area (Å²) in [6.07, 6.45) is 3.07. The zero-order chi connectivity index (χ0) is 25.5. The van der Waals surface area contributed by atoms with Gasteiger partial charge in [-0.25, -0.2) is 14.0 Å². The maximum Gasteiger partial charge on any atom is 0.410 e. The van der Waals surface area contributed by atoms with Gasteiger partial charge in [0.15, 0.2) is 6.10 Å². The fourth-order valence-electron chi connectivity index (χ4n) is 3.47. The normalized spacial score (nSPS) is 11.6. The van der Waals surface area contributed by atoms with Gasteiger partial charge in [0.2, 0.25) is 0 Å². The third kappa shape index (κ3) is 10.8. The van der Waals surface area contributed by atoms with Gasteiger partial charge in [0.25, 0.3) is 0 Å². The first-order valence-corrected chi connectivity index (χ1v) is 12.1. The van der Waals surface area contributed by atoms with Crippen LogP contribution in [0.1, 0.15) is 50.7 Å². The standard InChI is InChI=1S/C27H36FNO6/c1-3-5-6-7-16-29(27(32)35-20-22-8-12-23(28)13-9-22)17-18-34-24-14-10-21(11-15-24)19-25(26(30)31)33-4-2/h8-15,25H,3-7,16-20H2,1-2H3,(H,30,31). The number of carboxylic acids is 1. The number of hydrogen-bond donors (Lipinski definition) is 1. The van der Waals surface area contributed by atoms with Crippen LogP contribution >= 0.6 is 0 Å². The monoisotopic (exact) mass is 489 g/mol. The summed E-state index contributed by atoms with van der Waals surface area (Å²) in [6, 6.07) is 13.0. The van der Waals surface area contributed by atoms with Crippen molar-refractivity contribution in [3.05, 3.63) is 65.5 Å². The van der Waals surface area contributed by atoms with Crippen molar-refractivity contribution < 1.29 is 33.3 Å². The van der Waals surface area contributed by atoms with Gasteiger partial charge in [0.05, 0.1) is 6.54 Å². The van der Waals surface area contributed by atoms with Crippen LogP contribution < -0.4 is 4.74 Å². The van der Waals surface area contributed by atoms with Crippen LogP contribution in [-0.2, 0) is 27.3 Å². The zero-order valence-corrected chi connectivity index (χ0v) is 20.6. The van der Waals surface area contributed by atoms with Crippen LogP contribution in [0.15, 0.2) is 48.5 Å². The molecule has 0 aliphatic rings. The number of carbonyl (C=O) groups is 2. The van der Waals surface area contributed by atoms with Gasteiger partial charge in [-0.05, 0) is 48.7 Å². The number of amides is 1. The quantitative estimate of drug-likeness (QED) is 0.315. The van der Waals surface area contributed by atoms with E-state index >= 15 is 0 Å². The average molecular weight is 490 g/mol. The Balaban J connectivity index is 1.86. The highest BCUT2D eigenvalue weighted by molar-refractivity contribution is 5.72. The van der Waals surface area contributed by atoms with Crippen LogP contribution in [0, 0.1) is 5.82 Å². The van der Waals surface area contributed by atoms with Crippen molar-refractivity contribution in [2.75, 3.05) is 26.3 Å². The Morgan fingerprint density at radius 1 is 0.943 bits per heavy atom. The first kappa shape index (κ1) is 28.1. The predicted molar refractivity (Wildman–Crippen MR) is 131 cm³/mol. The largest absolute Gasteiger partial charge is 0.492 e. The summed E-state index contributed by atoms with van der Waals surface area (Å²) >= 11 is 0. The second-order valence-corrected chi connectivity index (χ2v) is 8.21. The fourth-order valence-corrected chi connectivity index (χ4v) is 3.47. The minimum absolute atomic E-state index is 0.0754. The number of nitrogens with zero attached hydrogens (tertiary/aromatic N) is 1. The molecule has 1 N–H and O–H groups in total. The Morgan fingerprint density at radius 3 is 2.26 bits per heavy atom. The molecule has 0 aliphatic carbocycles. The Kier molecular flexibility index (Phi) is 12.6.